The van der Waals surface area contributed by atoms with Gasteiger partial charge in [-0.3, -0.25) is 14.5 Å². The summed E-state index contributed by atoms with van der Waals surface area (Å²) in [5.74, 6) is -0.0251. The summed E-state index contributed by atoms with van der Waals surface area (Å²) < 4.78 is 13.0. The minimum atomic E-state index is -0.296. The zero-order valence-corrected chi connectivity index (χ0v) is 14.8. The third-order valence-electron chi connectivity index (χ3n) is 3.72. The van der Waals surface area contributed by atoms with Crippen LogP contribution in [-0.2, 0) is 16.0 Å². The molecule has 2 amide bonds. The van der Waals surface area contributed by atoms with Crippen LogP contribution in [0.3, 0.4) is 0 Å². The summed E-state index contributed by atoms with van der Waals surface area (Å²) in [6.07, 6.45) is 0.513. The monoisotopic (exact) mass is 361 g/mol. The van der Waals surface area contributed by atoms with Crippen molar-refractivity contribution in [2.45, 2.75) is 13.3 Å². The fourth-order valence-electron chi connectivity index (χ4n) is 2.57. The van der Waals surface area contributed by atoms with Crippen molar-refractivity contribution in [3.8, 4) is 0 Å². The van der Waals surface area contributed by atoms with Gasteiger partial charge >= 0.3 is 0 Å². The summed E-state index contributed by atoms with van der Waals surface area (Å²) in [5, 5.41) is 1.90. The lowest BCUT2D eigenvalue weighted by Gasteiger charge is -2.15. The number of nitrogens with zero attached hydrogens (tertiary/aromatic N) is 1. The van der Waals surface area contributed by atoms with Gasteiger partial charge in [0, 0.05) is 11.4 Å². The average molecular weight is 361 g/mol. The molecule has 0 saturated heterocycles. The summed E-state index contributed by atoms with van der Waals surface area (Å²) in [7, 11) is 0. The van der Waals surface area contributed by atoms with Crippen molar-refractivity contribution in [2.24, 2.45) is 0 Å². The van der Waals surface area contributed by atoms with Crippen LogP contribution in [0.4, 0.5) is 4.39 Å². The summed E-state index contributed by atoms with van der Waals surface area (Å²) in [5.41, 5.74) is 1.41. The van der Waals surface area contributed by atoms with Gasteiger partial charge in [-0.1, -0.05) is 25.1 Å². The van der Waals surface area contributed by atoms with E-state index >= 15 is 0 Å². The van der Waals surface area contributed by atoms with E-state index in [0.29, 0.717) is 23.4 Å². The maximum atomic E-state index is 13.0. The Balaban J connectivity index is 1.80. The van der Waals surface area contributed by atoms with Crippen molar-refractivity contribution in [1.82, 2.24) is 4.90 Å². The number of hydrogen-bond donors (Lipinski definition) is 0. The van der Waals surface area contributed by atoms with Gasteiger partial charge in [0.2, 0.25) is 0 Å². The number of imide groups is 1. The van der Waals surface area contributed by atoms with Crippen molar-refractivity contribution in [3.63, 3.8) is 0 Å². The Morgan fingerprint density at radius 3 is 2.50 bits per heavy atom. The summed E-state index contributed by atoms with van der Waals surface area (Å²) in [6, 6.07) is 9.86. The van der Waals surface area contributed by atoms with Crippen molar-refractivity contribution >= 4 is 40.5 Å². The number of hydrogen-bond acceptors (Lipinski definition) is 4. The van der Waals surface area contributed by atoms with E-state index in [2.05, 4.69) is 0 Å². The highest BCUT2D eigenvalue weighted by Crippen LogP contribution is 2.37. The second kappa shape index (κ2) is 7.32. The molecule has 1 aromatic carbocycles. The van der Waals surface area contributed by atoms with Crippen molar-refractivity contribution in [1.29, 1.82) is 0 Å². The van der Waals surface area contributed by atoms with Gasteiger partial charge in [-0.15, -0.1) is 23.1 Å². The Hall–Kier alpha value is -1.92. The average Bonchev–Trinajstić information content (AvgIpc) is 3.16. The minimum absolute atomic E-state index is 0.225. The van der Waals surface area contributed by atoms with Crippen LogP contribution in [-0.4, -0.2) is 29.0 Å². The molecule has 0 spiro atoms. The third kappa shape index (κ3) is 3.30. The van der Waals surface area contributed by atoms with E-state index in [9.17, 15) is 14.0 Å². The summed E-state index contributed by atoms with van der Waals surface area (Å²) in [6.45, 7) is 2.26. The first-order valence-corrected chi connectivity index (χ1v) is 9.50. The molecule has 2 aromatic rings. The first kappa shape index (κ1) is 16.9. The summed E-state index contributed by atoms with van der Waals surface area (Å²) >= 11 is 2.87. The number of thiophene rings is 1. The molecule has 0 bridgehead atoms. The molecule has 0 radical (unpaired) electrons. The molecule has 1 aromatic heterocycles. The van der Waals surface area contributed by atoms with Crippen LogP contribution >= 0.6 is 23.1 Å². The fourth-order valence-corrected chi connectivity index (χ4v) is 4.26. The number of amides is 2. The highest BCUT2D eigenvalue weighted by atomic mass is 32.2. The normalized spacial score (nSPS) is 14.8. The zero-order valence-electron chi connectivity index (χ0n) is 13.1. The molecular weight excluding hydrogens is 345 g/mol. The van der Waals surface area contributed by atoms with E-state index < -0.39 is 0 Å². The van der Waals surface area contributed by atoms with Gasteiger partial charge in [0.1, 0.15) is 5.82 Å². The van der Waals surface area contributed by atoms with E-state index in [4.69, 9.17) is 0 Å². The van der Waals surface area contributed by atoms with Crippen LogP contribution in [0, 0.1) is 5.82 Å². The molecule has 3 nitrogen and oxygen atoms in total. The Bertz CT molecular complexity index is 782. The van der Waals surface area contributed by atoms with Gasteiger partial charge in [0.15, 0.2) is 0 Å². The minimum Gasteiger partial charge on any atom is -0.273 e. The molecule has 1 aliphatic heterocycles. The van der Waals surface area contributed by atoms with Crippen LogP contribution in [0.25, 0.3) is 5.57 Å². The van der Waals surface area contributed by atoms with Gasteiger partial charge in [-0.05, 0) is 41.3 Å². The quantitative estimate of drug-likeness (QED) is 0.731. The van der Waals surface area contributed by atoms with E-state index in [0.717, 1.165) is 16.2 Å². The number of thioether (sulfide) groups is 1. The SMILES string of the molecule is CCSC1=C(c2cccs2)C(=O)N(CCc2ccc(F)cc2)C1=O. The number of halogens is 1. The Kier molecular flexibility index (Phi) is 5.16. The van der Waals surface area contributed by atoms with Gasteiger partial charge in [-0.25, -0.2) is 4.39 Å². The first-order valence-electron chi connectivity index (χ1n) is 7.63. The lowest BCUT2D eigenvalue weighted by Crippen LogP contribution is -2.33. The standard InChI is InChI=1S/C18H16FNO2S2/c1-2-23-16-15(14-4-3-11-24-14)17(21)20(18(16)22)10-9-12-5-7-13(19)8-6-12/h3-8,11H,2,9-10H2,1H3. The van der Waals surface area contributed by atoms with Gasteiger partial charge in [0.25, 0.3) is 11.8 Å². The van der Waals surface area contributed by atoms with E-state index in [-0.39, 0.29) is 17.6 Å². The first-order chi connectivity index (χ1) is 11.6. The Morgan fingerprint density at radius 2 is 1.88 bits per heavy atom. The van der Waals surface area contributed by atoms with Crippen molar-refractivity contribution in [3.05, 3.63) is 62.9 Å². The largest absolute Gasteiger partial charge is 0.273 e. The lowest BCUT2D eigenvalue weighted by molar-refractivity contribution is -0.136. The zero-order chi connectivity index (χ0) is 17.1. The molecule has 0 aliphatic carbocycles. The van der Waals surface area contributed by atoms with Crippen LogP contribution in [0.1, 0.15) is 17.4 Å². The van der Waals surface area contributed by atoms with Gasteiger partial charge in [0.05, 0.1) is 10.5 Å². The molecule has 24 heavy (non-hydrogen) atoms. The number of rotatable bonds is 6. The molecule has 0 saturated carbocycles. The number of carbonyl (C=O) groups excluding carboxylic acids is 2. The topological polar surface area (TPSA) is 37.4 Å². The Morgan fingerprint density at radius 1 is 1.12 bits per heavy atom. The predicted octanol–water partition coefficient (Wildman–Crippen LogP) is 3.96. The number of benzene rings is 1. The molecule has 0 unspecified atom stereocenters. The molecule has 0 N–H and O–H groups in total. The van der Waals surface area contributed by atoms with E-state index in [1.165, 1.54) is 40.1 Å². The summed E-state index contributed by atoms with van der Waals surface area (Å²) in [4.78, 5) is 28.1. The van der Waals surface area contributed by atoms with Crippen LogP contribution in [0.5, 0.6) is 0 Å². The van der Waals surface area contributed by atoms with E-state index in [1.807, 2.05) is 24.4 Å². The Labute approximate surface area is 148 Å². The van der Waals surface area contributed by atoms with Crippen molar-refractivity contribution in [2.75, 3.05) is 12.3 Å². The maximum absolute atomic E-state index is 13.0. The smallest absolute Gasteiger partial charge is 0.268 e. The number of carbonyl (C=O) groups is 2. The van der Waals surface area contributed by atoms with Crippen LogP contribution in [0.15, 0.2) is 46.7 Å². The second-order valence-corrected chi connectivity index (χ2v) is 7.47. The lowest BCUT2D eigenvalue weighted by atomic mass is 10.1. The molecule has 124 valence electrons. The van der Waals surface area contributed by atoms with Crippen LogP contribution in [0.2, 0.25) is 0 Å². The highest BCUT2D eigenvalue weighted by Gasteiger charge is 2.38. The maximum Gasteiger partial charge on any atom is 0.268 e. The fraction of sp³-hybridized carbons (Fsp3) is 0.222. The molecule has 3 rings (SSSR count). The van der Waals surface area contributed by atoms with Crippen molar-refractivity contribution < 1.29 is 14.0 Å². The second-order valence-electron chi connectivity index (χ2n) is 5.25. The van der Waals surface area contributed by atoms with Gasteiger partial charge in [-0.2, -0.15) is 0 Å². The van der Waals surface area contributed by atoms with E-state index in [1.54, 1.807) is 12.1 Å². The third-order valence-corrected chi connectivity index (χ3v) is 5.56. The van der Waals surface area contributed by atoms with Gasteiger partial charge < -0.3 is 0 Å². The molecule has 1 aliphatic rings. The molecule has 2 heterocycles. The molecule has 6 heteroatoms. The highest BCUT2D eigenvalue weighted by molar-refractivity contribution is 8.04. The molecular formula is C18H16FNO2S2. The molecule has 0 fully saturated rings. The predicted molar refractivity (Wildman–Crippen MR) is 96.2 cm³/mol. The molecule has 0 atom stereocenters. The van der Waals surface area contributed by atoms with Crippen LogP contribution < -0.4 is 0 Å².